The number of hydrogen-bond donors (Lipinski definition) is 4. The van der Waals surface area contributed by atoms with Crippen LogP contribution in [0.2, 0.25) is 0 Å². The number of rotatable bonds is 7. The molecular weight excluding hydrogens is 251 g/mol. The molecule has 0 spiro atoms. The SMILES string of the molecule is CCC(C(=O)O)C(=O)N(O)CNCP(C)(=O)O. The Kier molecular flexibility index (Phi) is 6.33. The zero-order valence-corrected chi connectivity index (χ0v) is 10.6. The van der Waals surface area contributed by atoms with Crippen LogP contribution in [0.3, 0.4) is 0 Å². The van der Waals surface area contributed by atoms with Gasteiger partial charge in [0.05, 0.1) is 13.0 Å². The Bertz CT molecular complexity index is 328. The summed E-state index contributed by atoms with van der Waals surface area (Å²) in [5, 5.41) is 20.5. The summed E-state index contributed by atoms with van der Waals surface area (Å²) in [7, 11) is -3.28. The summed E-state index contributed by atoms with van der Waals surface area (Å²) in [5.41, 5.74) is 0. The van der Waals surface area contributed by atoms with Crippen LogP contribution in [0.4, 0.5) is 0 Å². The lowest BCUT2D eigenvalue weighted by molar-refractivity contribution is -0.176. The Morgan fingerprint density at radius 1 is 1.47 bits per heavy atom. The van der Waals surface area contributed by atoms with E-state index in [0.29, 0.717) is 0 Å². The van der Waals surface area contributed by atoms with Crippen molar-refractivity contribution in [3.63, 3.8) is 0 Å². The average molecular weight is 268 g/mol. The number of hydrogen-bond acceptors (Lipinski definition) is 5. The van der Waals surface area contributed by atoms with Gasteiger partial charge < -0.3 is 10.00 Å². The lowest BCUT2D eigenvalue weighted by Gasteiger charge is -2.19. The Morgan fingerprint density at radius 2 is 2.00 bits per heavy atom. The predicted octanol–water partition coefficient (Wildman–Crippen LogP) is -0.280. The van der Waals surface area contributed by atoms with Gasteiger partial charge in [-0.1, -0.05) is 6.92 Å². The summed E-state index contributed by atoms with van der Waals surface area (Å²) in [4.78, 5) is 31.0. The first kappa shape index (κ1) is 16.1. The number of aliphatic carboxylic acids is 1. The maximum absolute atomic E-state index is 11.4. The molecule has 0 aromatic rings. The number of carbonyl (C=O) groups is 2. The number of carboxylic acid groups (broad SMARTS) is 1. The molecule has 0 aliphatic rings. The minimum absolute atomic E-state index is 0.0531. The van der Waals surface area contributed by atoms with Gasteiger partial charge in [-0.25, -0.2) is 5.06 Å². The Balaban J connectivity index is 4.22. The molecule has 0 bridgehead atoms. The minimum Gasteiger partial charge on any atom is -0.481 e. The molecular formula is C8H17N2O6P. The van der Waals surface area contributed by atoms with Crippen LogP contribution in [0, 0.1) is 5.92 Å². The zero-order chi connectivity index (χ0) is 13.6. The standard InChI is InChI=1S/C8H17N2O6P/c1-3-6(8(12)13)7(11)10(14)4-9-5-17(2,15)16/h6,9,14H,3-5H2,1-2H3,(H,12,13)(H,15,16). The van der Waals surface area contributed by atoms with Gasteiger partial charge in [0, 0.05) is 6.66 Å². The molecule has 4 N–H and O–H groups in total. The molecule has 2 unspecified atom stereocenters. The third-order valence-electron chi connectivity index (χ3n) is 1.93. The van der Waals surface area contributed by atoms with E-state index in [1.807, 2.05) is 0 Å². The van der Waals surface area contributed by atoms with Crippen LogP contribution in [-0.4, -0.2) is 51.8 Å². The van der Waals surface area contributed by atoms with E-state index < -0.39 is 31.8 Å². The summed E-state index contributed by atoms with van der Waals surface area (Å²) in [6, 6.07) is 0. The topological polar surface area (TPSA) is 127 Å². The van der Waals surface area contributed by atoms with Crippen molar-refractivity contribution in [1.82, 2.24) is 10.4 Å². The highest BCUT2D eigenvalue weighted by Gasteiger charge is 2.28. The van der Waals surface area contributed by atoms with E-state index in [1.165, 1.54) is 6.92 Å². The van der Waals surface area contributed by atoms with Crippen molar-refractivity contribution in [3.8, 4) is 0 Å². The number of carboxylic acids is 1. The van der Waals surface area contributed by atoms with Gasteiger partial charge in [-0.2, -0.15) is 0 Å². The molecule has 0 aliphatic heterocycles. The van der Waals surface area contributed by atoms with E-state index >= 15 is 0 Å². The van der Waals surface area contributed by atoms with Crippen LogP contribution in [0.1, 0.15) is 13.3 Å². The van der Waals surface area contributed by atoms with Crippen molar-refractivity contribution in [1.29, 1.82) is 0 Å². The summed E-state index contributed by atoms with van der Waals surface area (Å²) in [6.45, 7) is 2.22. The average Bonchev–Trinajstić information content (AvgIpc) is 2.15. The molecule has 17 heavy (non-hydrogen) atoms. The number of carbonyl (C=O) groups excluding carboxylic acids is 1. The molecule has 0 saturated heterocycles. The lowest BCUT2D eigenvalue weighted by Crippen LogP contribution is -2.42. The van der Waals surface area contributed by atoms with Gasteiger partial charge in [-0.15, -0.1) is 0 Å². The fourth-order valence-electron chi connectivity index (χ4n) is 1.08. The molecule has 100 valence electrons. The molecule has 0 aromatic carbocycles. The van der Waals surface area contributed by atoms with E-state index in [1.54, 1.807) is 0 Å². The third kappa shape index (κ3) is 6.38. The van der Waals surface area contributed by atoms with E-state index in [-0.39, 0.29) is 17.8 Å². The largest absolute Gasteiger partial charge is 0.481 e. The van der Waals surface area contributed by atoms with E-state index in [4.69, 9.17) is 10.00 Å². The maximum Gasteiger partial charge on any atom is 0.316 e. The second-order valence-electron chi connectivity index (χ2n) is 3.65. The fourth-order valence-corrected chi connectivity index (χ4v) is 1.59. The maximum atomic E-state index is 11.4. The highest BCUT2D eigenvalue weighted by Crippen LogP contribution is 2.32. The molecule has 2 atom stereocenters. The summed E-state index contributed by atoms with van der Waals surface area (Å²) in [6.07, 6.45) is -0.224. The number of nitrogens with zero attached hydrogens (tertiary/aromatic N) is 1. The van der Waals surface area contributed by atoms with Crippen LogP contribution in [0.5, 0.6) is 0 Å². The van der Waals surface area contributed by atoms with Gasteiger partial charge in [0.1, 0.15) is 5.92 Å². The third-order valence-corrected chi connectivity index (χ3v) is 2.74. The molecule has 8 nitrogen and oxygen atoms in total. The van der Waals surface area contributed by atoms with Gasteiger partial charge in [0.15, 0.2) is 0 Å². The van der Waals surface area contributed by atoms with Crippen molar-refractivity contribution in [2.45, 2.75) is 13.3 Å². The van der Waals surface area contributed by atoms with Gasteiger partial charge in [-0.3, -0.25) is 24.7 Å². The molecule has 0 heterocycles. The highest BCUT2D eigenvalue weighted by molar-refractivity contribution is 7.57. The van der Waals surface area contributed by atoms with Crippen molar-refractivity contribution in [2.24, 2.45) is 5.92 Å². The fraction of sp³-hybridized carbons (Fsp3) is 0.750. The molecule has 0 fully saturated rings. The molecule has 0 saturated carbocycles. The van der Waals surface area contributed by atoms with Crippen molar-refractivity contribution in [2.75, 3.05) is 19.6 Å². The van der Waals surface area contributed by atoms with E-state index in [0.717, 1.165) is 6.66 Å². The Labute approximate surface area is 98.6 Å². The van der Waals surface area contributed by atoms with Crippen LogP contribution in [0.15, 0.2) is 0 Å². The molecule has 1 amide bonds. The second-order valence-corrected chi connectivity index (χ2v) is 6.07. The van der Waals surface area contributed by atoms with Gasteiger partial charge >= 0.3 is 5.97 Å². The molecule has 0 aromatic heterocycles. The highest BCUT2D eigenvalue weighted by atomic mass is 31.2. The van der Waals surface area contributed by atoms with Crippen molar-refractivity contribution in [3.05, 3.63) is 0 Å². The number of hydroxylamine groups is 2. The zero-order valence-electron chi connectivity index (χ0n) is 9.66. The molecule has 9 heteroatoms. The second kappa shape index (κ2) is 6.70. The summed E-state index contributed by atoms with van der Waals surface area (Å²) >= 11 is 0. The van der Waals surface area contributed by atoms with Crippen molar-refractivity contribution < 1.29 is 29.4 Å². The predicted molar refractivity (Wildman–Crippen MR) is 58.7 cm³/mol. The van der Waals surface area contributed by atoms with Crippen LogP contribution in [-0.2, 0) is 14.2 Å². The van der Waals surface area contributed by atoms with Crippen LogP contribution >= 0.6 is 7.37 Å². The number of nitrogens with one attached hydrogen (secondary N) is 1. The first-order chi connectivity index (χ1) is 7.69. The van der Waals surface area contributed by atoms with Crippen molar-refractivity contribution >= 4 is 19.2 Å². The van der Waals surface area contributed by atoms with Gasteiger partial charge in [-0.05, 0) is 6.42 Å². The number of amides is 1. The minimum atomic E-state index is -3.28. The Morgan fingerprint density at radius 3 is 2.35 bits per heavy atom. The Hall–Kier alpha value is -0.950. The van der Waals surface area contributed by atoms with Gasteiger partial charge in [0.25, 0.3) is 5.91 Å². The van der Waals surface area contributed by atoms with E-state index in [9.17, 15) is 19.4 Å². The summed E-state index contributed by atoms with van der Waals surface area (Å²) in [5.74, 6) is -3.60. The lowest BCUT2D eigenvalue weighted by atomic mass is 10.1. The molecule has 0 radical (unpaired) electrons. The molecule has 0 aliphatic carbocycles. The van der Waals surface area contributed by atoms with Crippen LogP contribution < -0.4 is 5.32 Å². The quantitative estimate of drug-likeness (QED) is 0.164. The van der Waals surface area contributed by atoms with Crippen LogP contribution in [0.25, 0.3) is 0 Å². The first-order valence-corrected chi connectivity index (χ1v) is 7.21. The monoisotopic (exact) mass is 268 g/mol. The normalized spacial score (nSPS) is 16.0. The first-order valence-electron chi connectivity index (χ1n) is 4.92. The summed E-state index contributed by atoms with van der Waals surface area (Å²) < 4.78 is 10.9. The van der Waals surface area contributed by atoms with Gasteiger partial charge in [0.2, 0.25) is 7.37 Å². The van der Waals surface area contributed by atoms with E-state index in [2.05, 4.69) is 5.32 Å². The molecule has 0 rings (SSSR count). The smallest absolute Gasteiger partial charge is 0.316 e.